The maximum absolute atomic E-state index is 14.2. The number of nitrogens with zero attached hydrogens (tertiary/aromatic N) is 2. The van der Waals surface area contributed by atoms with Gasteiger partial charge in [0.05, 0.1) is 20.6 Å². The van der Waals surface area contributed by atoms with Gasteiger partial charge in [-0.25, -0.2) is 8.42 Å². The molecule has 0 aliphatic rings. The lowest BCUT2D eigenvalue weighted by Gasteiger charge is -2.33. The molecule has 0 unspecified atom stereocenters. The van der Waals surface area contributed by atoms with Gasteiger partial charge in [0.25, 0.3) is 10.0 Å². The molecule has 0 aromatic heterocycles. The van der Waals surface area contributed by atoms with Crippen LogP contribution in [0.5, 0.6) is 0 Å². The van der Waals surface area contributed by atoms with E-state index in [2.05, 4.69) is 5.32 Å². The van der Waals surface area contributed by atoms with Crippen molar-refractivity contribution in [3.8, 4) is 0 Å². The second kappa shape index (κ2) is 14.2. The van der Waals surface area contributed by atoms with Crippen molar-refractivity contribution in [1.29, 1.82) is 0 Å². The zero-order chi connectivity index (χ0) is 30.3. The van der Waals surface area contributed by atoms with Crippen LogP contribution >= 0.6 is 23.2 Å². The molecular weight excluding hydrogens is 581 g/mol. The van der Waals surface area contributed by atoms with Gasteiger partial charge in [0.1, 0.15) is 12.6 Å². The van der Waals surface area contributed by atoms with E-state index in [1.54, 1.807) is 12.1 Å². The minimum absolute atomic E-state index is 0.0224. The van der Waals surface area contributed by atoms with Crippen molar-refractivity contribution in [3.05, 3.63) is 93.5 Å². The van der Waals surface area contributed by atoms with E-state index in [1.807, 2.05) is 58.9 Å². The molecule has 10 heteroatoms. The quantitative estimate of drug-likeness (QED) is 0.255. The number of amides is 2. The minimum Gasteiger partial charge on any atom is -0.354 e. The summed E-state index contributed by atoms with van der Waals surface area (Å²) in [6.07, 6.45) is 0.346. The van der Waals surface area contributed by atoms with Gasteiger partial charge in [0.2, 0.25) is 11.8 Å². The molecule has 0 heterocycles. The number of aryl methyl sites for hydroxylation is 2. The van der Waals surface area contributed by atoms with Crippen LogP contribution < -0.4 is 9.62 Å². The van der Waals surface area contributed by atoms with Gasteiger partial charge in [-0.1, -0.05) is 85.9 Å². The van der Waals surface area contributed by atoms with E-state index in [9.17, 15) is 18.0 Å². The molecule has 3 aromatic rings. The highest BCUT2D eigenvalue weighted by molar-refractivity contribution is 7.92. The van der Waals surface area contributed by atoms with Gasteiger partial charge in [-0.05, 0) is 67.6 Å². The van der Waals surface area contributed by atoms with E-state index in [4.69, 9.17) is 23.2 Å². The van der Waals surface area contributed by atoms with Gasteiger partial charge in [-0.3, -0.25) is 13.9 Å². The molecule has 220 valence electrons. The summed E-state index contributed by atoms with van der Waals surface area (Å²) in [7, 11) is -4.20. The molecule has 1 atom stereocenters. The van der Waals surface area contributed by atoms with Gasteiger partial charge < -0.3 is 10.2 Å². The van der Waals surface area contributed by atoms with Gasteiger partial charge >= 0.3 is 0 Å². The van der Waals surface area contributed by atoms with Crippen molar-refractivity contribution in [2.75, 3.05) is 17.4 Å². The SMILES string of the molecule is CC[C@H](C(=O)NCC(C)C)N(Cc1ccccc1C)C(=O)CN(c1ccc(Cl)c(Cl)c1)S(=O)(=O)c1ccc(C)cc1. The first-order chi connectivity index (χ1) is 19.3. The van der Waals surface area contributed by atoms with Gasteiger partial charge in [-0.15, -0.1) is 0 Å². The number of benzene rings is 3. The standard InChI is InChI=1S/C31H37Cl2N3O4S/c1-6-29(31(38)34-18-21(2)3)35(19-24-10-8-7-9-23(24)5)30(37)20-36(25-13-16-27(32)28(33)17-25)41(39,40)26-14-11-22(4)12-15-26/h7-17,21,29H,6,18-20H2,1-5H3,(H,34,38)/t29-/m1/s1. The first kappa shape index (κ1) is 32.4. The van der Waals surface area contributed by atoms with Crippen molar-refractivity contribution >= 4 is 50.7 Å². The topological polar surface area (TPSA) is 86.8 Å². The fourth-order valence-corrected chi connectivity index (χ4v) is 6.02. The fraction of sp³-hybridized carbons (Fsp3) is 0.355. The van der Waals surface area contributed by atoms with E-state index in [1.165, 1.54) is 35.2 Å². The van der Waals surface area contributed by atoms with Crippen LogP contribution in [0.1, 0.15) is 43.9 Å². The van der Waals surface area contributed by atoms with Crippen LogP contribution in [-0.4, -0.2) is 44.3 Å². The molecule has 0 aliphatic heterocycles. The summed E-state index contributed by atoms with van der Waals surface area (Å²) in [6, 6.07) is 17.6. The van der Waals surface area contributed by atoms with Crippen LogP contribution in [-0.2, 0) is 26.2 Å². The highest BCUT2D eigenvalue weighted by Crippen LogP contribution is 2.31. The van der Waals surface area contributed by atoms with Crippen molar-refractivity contribution in [3.63, 3.8) is 0 Å². The summed E-state index contributed by atoms with van der Waals surface area (Å²) in [5.41, 5.74) is 2.89. The summed E-state index contributed by atoms with van der Waals surface area (Å²) in [5, 5.41) is 3.34. The summed E-state index contributed by atoms with van der Waals surface area (Å²) in [6.45, 7) is 9.64. The van der Waals surface area contributed by atoms with Crippen LogP contribution in [0.4, 0.5) is 5.69 Å². The zero-order valence-electron chi connectivity index (χ0n) is 24.0. The number of carbonyl (C=O) groups excluding carboxylic acids is 2. The molecule has 1 N–H and O–H groups in total. The Balaban J connectivity index is 2.08. The van der Waals surface area contributed by atoms with Crippen molar-refractivity contribution in [1.82, 2.24) is 10.2 Å². The molecule has 0 bridgehead atoms. The summed E-state index contributed by atoms with van der Waals surface area (Å²) < 4.78 is 28.9. The molecule has 0 saturated heterocycles. The number of nitrogens with one attached hydrogen (secondary N) is 1. The average Bonchev–Trinajstić information content (AvgIpc) is 2.93. The molecule has 41 heavy (non-hydrogen) atoms. The highest BCUT2D eigenvalue weighted by atomic mass is 35.5. The molecular formula is C31H37Cl2N3O4S. The maximum Gasteiger partial charge on any atom is 0.264 e. The Labute approximate surface area is 253 Å². The second-order valence-corrected chi connectivity index (χ2v) is 13.1. The Bertz CT molecular complexity index is 1480. The lowest BCUT2D eigenvalue weighted by atomic mass is 10.1. The molecule has 0 radical (unpaired) electrons. The largest absolute Gasteiger partial charge is 0.354 e. The van der Waals surface area contributed by atoms with Crippen molar-refractivity contribution < 1.29 is 18.0 Å². The Hall–Kier alpha value is -3.07. The maximum atomic E-state index is 14.2. The predicted octanol–water partition coefficient (Wildman–Crippen LogP) is 6.39. The van der Waals surface area contributed by atoms with Crippen LogP contribution in [0.3, 0.4) is 0 Å². The summed E-state index contributed by atoms with van der Waals surface area (Å²) >= 11 is 12.4. The van der Waals surface area contributed by atoms with Gasteiger partial charge in [-0.2, -0.15) is 0 Å². The number of rotatable bonds is 12. The first-order valence-electron chi connectivity index (χ1n) is 13.5. The molecule has 0 aliphatic carbocycles. The van der Waals surface area contributed by atoms with E-state index >= 15 is 0 Å². The van der Waals surface area contributed by atoms with E-state index in [0.717, 1.165) is 21.0 Å². The third kappa shape index (κ3) is 8.24. The average molecular weight is 619 g/mol. The minimum atomic E-state index is -4.20. The molecule has 0 fully saturated rings. The molecule has 0 spiro atoms. The molecule has 3 rings (SSSR count). The number of sulfonamides is 1. The van der Waals surface area contributed by atoms with Crippen LogP contribution in [0.2, 0.25) is 10.0 Å². The lowest BCUT2D eigenvalue weighted by Crippen LogP contribution is -2.52. The number of anilines is 1. The van der Waals surface area contributed by atoms with E-state index in [-0.39, 0.29) is 39.0 Å². The number of halogens is 2. The first-order valence-corrected chi connectivity index (χ1v) is 15.7. The molecule has 7 nitrogen and oxygen atoms in total. The van der Waals surface area contributed by atoms with Crippen molar-refractivity contribution in [2.45, 2.75) is 58.5 Å². The monoisotopic (exact) mass is 617 g/mol. The Kier molecular flexibility index (Phi) is 11.2. The van der Waals surface area contributed by atoms with Crippen LogP contribution in [0.15, 0.2) is 71.6 Å². The Morgan fingerprint density at radius 2 is 1.59 bits per heavy atom. The van der Waals surface area contributed by atoms with Crippen molar-refractivity contribution in [2.24, 2.45) is 5.92 Å². The van der Waals surface area contributed by atoms with E-state index < -0.39 is 28.5 Å². The normalized spacial score (nSPS) is 12.2. The highest BCUT2D eigenvalue weighted by Gasteiger charge is 2.34. The smallest absolute Gasteiger partial charge is 0.264 e. The third-order valence-electron chi connectivity index (χ3n) is 6.75. The number of hydrogen-bond donors (Lipinski definition) is 1. The number of carbonyl (C=O) groups is 2. The Morgan fingerprint density at radius 3 is 2.17 bits per heavy atom. The molecule has 3 aromatic carbocycles. The van der Waals surface area contributed by atoms with Crippen LogP contribution in [0.25, 0.3) is 0 Å². The van der Waals surface area contributed by atoms with Crippen LogP contribution in [0, 0.1) is 19.8 Å². The Morgan fingerprint density at radius 1 is 0.927 bits per heavy atom. The summed E-state index contributed by atoms with van der Waals surface area (Å²) in [4.78, 5) is 29.0. The lowest BCUT2D eigenvalue weighted by molar-refractivity contribution is -0.140. The van der Waals surface area contributed by atoms with E-state index in [0.29, 0.717) is 13.0 Å². The summed E-state index contributed by atoms with van der Waals surface area (Å²) in [5.74, 6) is -0.589. The predicted molar refractivity (Wildman–Crippen MR) is 166 cm³/mol. The number of hydrogen-bond acceptors (Lipinski definition) is 4. The fourth-order valence-electron chi connectivity index (χ4n) is 4.32. The molecule has 2 amide bonds. The van der Waals surface area contributed by atoms with Gasteiger partial charge in [0.15, 0.2) is 0 Å². The second-order valence-electron chi connectivity index (χ2n) is 10.4. The van der Waals surface area contributed by atoms with Gasteiger partial charge in [0, 0.05) is 13.1 Å². The molecule has 0 saturated carbocycles. The zero-order valence-corrected chi connectivity index (χ0v) is 26.4. The third-order valence-corrected chi connectivity index (χ3v) is 9.28.